The lowest BCUT2D eigenvalue weighted by atomic mass is 10.3. The van der Waals surface area contributed by atoms with Crippen molar-refractivity contribution in [2.24, 2.45) is 5.84 Å². The Kier molecular flexibility index (Phi) is 3.70. The van der Waals surface area contributed by atoms with E-state index >= 15 is 0 Å². The summed E-state index contributed by atoms with van der Waals surface area (Å²) in [5.74, 6) is 5.77. The van der Waals surface area contributed by atoms with Gasteiger partial charge in [-0.25, -0.2) is 11.0 Å². The van der Waals surface area contributed by atoms with Crippen molar-refractivity contribution < 1.29 is 13.0 Å². The predicted molar refractivity (Wildman–Crippen MR) is 73.0 cm³/mol. The zero-order valence-corrected chi connectivity index (χ0v) is 10.7. The molecule has 2 aromatic carbocycles. The summed E-state index contributed by atoms with van der Waals surface area (Å²) in [6.07, 6.45) is 0. The third kappa shape index (κ3) is 3.22. The summed E-state index contributed by atoms with van der Waals surface area (Å²) < 4.78 is 31.7. The molecule has 6 nitrogen and oxygen atoms in total. The second-order valence-corrected chi connectivity index (χ2v) is 5.18. The summed E-state index contributed by atoms with van der Waals surface area (Å²) in [4.78, 5) is -0.263. The molecule has 2 aromatic rings. The predicted octanol–water partition coefficient (Wildman–Crippen LogP) is 1.64. The molecular weight excluding hydrogens is 266 g/mol. The normalized spacial score (nSPS) is 11.1. The fourth-order valence-corrected chi connectivity index (χ4v) is 2.27. The van der Waals surface area contributed by atoms with Crippen LogP contribution in [0, 0.1) is 0 Å². The Labute approximate surface area is 111 Å². The van der Waals surface area contributed by atoms with Gasteiger partial charge in [0, 0.05) is 0 Å². The quantitative estimate of drug-likeness (QED) is 0.447. The van der Waals surface area contributed by atoms with Crippen molar-refractivity contribution in [3.05, 3.63) is 54.6 Å². The van der Waals surface area contributed by atoms with Crippen LogP contribution in [0.3, 0.4) is 0 Å². The molecule has 0 amide bonds. The molecule has 0 aliphatic rings. The number of benzene rings is 2. The van der Waals surface area contributed by atoms with Crippen LogP contribution in [-0.4, -0.2) is 13.0 Å². The molecule has 0 bridgehead atoms. The van der Waals surface area contributed by atoms with Crippen LogP contribution in [-0.2, 0) is 10.1 Å². The van der Waals surface area contributed by atoms with E-state index in [4.69, 9.17) is 10.4 Å². The molecule has 100 valence electrons. The van der Waals surface area contributed by atoms with Crippen LogP contribution in [0.2, 0.25) is 0 Å². The molecule has 0 atom stereocenters. The third-order valence-electron chi connectivity index (χ3n) is 2.43. The molecular formula is C12H13N3O3S. The zero-order chi connectivity index (χ0) is 13.9. The molecule has 19 heavy (non-hydrogen) atoms. The van der Waals surface area contributed by atoms with Crippen molar-refractivity contribution in [2.45, 2.75) is 4.90 Å². The van der Waals surface area contributed by atoms with Gasteiger partial charge in [-0.15, -0.1) is 0 Å². The highest BCUT2D eigenvalue weighted by Crippen LogP contribution is 2.23. The highest BCUT2D eigenvalue weighted by Gasteiger charge is 2.17. The van der Waals surface area contributed by atoms with E-state index in [0.29, 0.717) is 5.69 Å². The number of hydrogen-bond acceptors (Lipinski definition) is 5. The number of anilines is 2. The first-order chi connectivity index (χ1) is 8.98. The average molecular weight is 279 g/mol. The standard InChI is InChI=1S/C12H13N3O3S/c13-15(14-10-6-2-1-3-7-10)11-8-4-5-9-12(11)19(16,17)18/h1-9,14H,13H2,(H,16,17,18). The molecule has 0 aliphatic heterocycles. The van der Waals surface area contributed by atoms with Gasteiger partial charge < -0.3 is 0 Å². The van der Waals surface area contributed by atoms with Gasteiger partial charge in [-0.1, -0.05) is 30.3 Å². The maximum absolute atomic E-state index is 11.3. The van der Waals surface area contributed by atoms with Crippen LogP contribution in [0.4, 0.5) is 11.4 Å². The maximum atomic E-state index is 11.3. The molecule has 0 aromatic heterocycles. The van der Waals surface area contributed by atoms with Crippen molar-refractivity contribution in [1.29, 1.82) is 0 Å². The van der Waals surface area contributed by atoms with Crippen LogP contribution in [0.15, 0.2) is 59.5 Å². The van der Waals surface area contributed by atoms with Crippen LogP contribution >= 0.6 is 0 Å². The van der Waals surface area contributed by atoms with E-state index in [1.165, 1.54) is 18.2 Å². The first-order valence-electron chi connectivity index (χ1n) is 5.41. The van der Waals surface area contributed by atoms with Gasteiger partial charge in [-0.2, -0.15) is 8.42 Å². The van der Waals surface area contributed by atoms with E-state index in [1.807, 2.05) is 18.2 Å². The topological polar surface area (TPSA) is 95.7 Å². The lowest BCUT2D eigenvalue weighted by Crippen LogP contribution is -2.37. The smallest absolute Gasteiger partial charge is 0.284 e. The van der Waals surface area contributed by atoms with E-state index < -0.39 is 10.1 Å². The number of nitrogens with zero attached hydrogens (tertiary/aromatic N) is 1. The van der Waals surface area contributed by atoms with E-state index in [2.05, 4.69) is 5.43 Å². The number of para-hydroxylation sites is 2. The van der Waals surface area contributed by atoms with Crippen LogP contribution in [0.25, 0.3) is 0 Å². The summed E-state index contributed by atoms with van der Waals surface area (Å²) in [5.41, 5.74) is 3.64. The van der Waals surface area contributed by atoms with Gasteiger partial charge in [-0.05, 0) is 24.3 Å². The highest BCUT2D eigenvalue weighted by molar-refractivity contribution is 7.86. The maximum Gasteiger partial charge on any atom is 0.296 e. The molecule has 0 saturated carbocycles. The van der Waals surface area contributed by atoms with Crippen molar-refractivity contribution >= 4 is 21.5 Å². The van der Waals surface area contributed by atoms with Crippen molar-refractivity contribution in [1.82, 2.24) is 0 Å². The largest absolute Gasteiger partial charge is 0.296 e. The third-order valence-corrected chi connectivity index (χ3v) is 3.33. The fraction of sp³-hybridized carbons (Fsp3) is 0. The minimum absolute atomic E-state index is 0.147. The first-order valence-corrected chi connectivity index (χ1v) is 6.85. The first kappa shape index (κ1) is 13.3. The van der Waals surface area contributed by atoms with Gasteiger partial charge in [0.15, 0.2) is 0 Å². The minimum atomic E-state index is -4.33. The van der Waals surface area contributed by atoms with Gasteiger partial charge >= 0.3 is 0 Å². The summed E-state index contributed by atoms with van der Waals surface area (Å²) in [7, 11) is -4.33. The summed E-state index contributed by atoms with van der Waals surface area (Å²) >= 11 is 0. The van der Waals surface area contributed by atoms with Gasteiger partial charge in [0.25, 0.3) is 10.1 Å². The van der Waals surface area contributed by atoms with Crippen LogP contribution in [0.5, 0.6) is 0 Å². The van der Waals surface area contributed by atoms with E-state index in [-0.39, 0.29) is 10.6 Å². The van der Waals surface area contributed by atoms with Gasteiger partial charge in [-0.3, -0.25) is 9.98 Å². The Morgan fingerprint density at radius 2 is 1.58 bits per heavy atom. The molecule has 4 N–H and O–H groups in total. The number of nitrogens with one attached hydrogen (secondary N) is 1. The minimum Gasteiger partial charge on any atom is -0.284 e. The lowest BCUT2D eigenvalue weighted by Gasteiger charge is -2.22. The average Bonchev–Trinajstić information content (AvgIpc) is 2.39. The molecule has 0 saturated heterocycles. The molecule has 0 heterocycles. The van der Waals surface area contributed by atoms with Gasteiger partial charge in [0.2, 0.25) is 0 Å². The summed E-state index contributed by atoms with van der Waals surface area (Å²) in [6, 6.07) is 14.9. The van der Waals surface area contributed by atoms with E-state index in [1.54, 1.807) is 18.2 Å². The molecule has 0 fully saturated rings. The van der Waals surface area contributed by atoms with Crippen LogP contribution < -0.4 is 16.4 Å². The zero-order valence-electron chi connectivity index (χ0n) is 9.89. The SMILES string of the molecule is NN(Nc1ccccc1)c1ccccc1S(=O)(=O)O. The molecule has 0 spiro atoms. The van der Waals surface area contributed by atoms with E-state index in [9.17, 15) is 8.42 Å². The summed E-state index contributed by atoms with van der Waals surface area (Å²) in [5, 5.41) is 1.04. The van der Waals surface area contributed by atoms with Crippen LogP contribution in [0.1, 0.15) is 0 Å². The Balaban J connectivity index is 2.32. The lowest BCUT2D eigenvalue weighted by molar-refractivity contribution is 0.483. The Morgan fingerprint density at radius 3 is 2.21 bits per heavy atom. The number of hydrogen-bond donors (Lipinski definition) is 3. The van der Waals surface area contributed by atoms with Crippen molar-refractivity contribution in [2.75, 3.05) is 10.5 Å². The monoisotopic (exact) mass is 279 g/mol. The second kappa shape index (κ2) is 5.27. The molecule has 0 radical (unpaired) electrons. The molecule has 0 unspecified atom stereocenters. The number of hydrazine groups is 2. The van der Waals surface area contributed by atoms with Gasteiger partial charge in [0.1, 0.15) is 4.90 Å². The molecule has 0 aliphatic carbocycles. The van der Waals surface area contributed by atoms with Crippen molar-refractivity contribution in [3.8, 4) is 0 Å². The van der Waals surface area contributed by atoms with Gasteiger partial charge in [0.05, 0.1) is 11.4 Å². The summed E-state index contributed by atoms with van der Waals surface area (Å²) in [6.45, 7) is 0. The number of nitrogens with two attached hydrogens (primary N) is 1. The Morgan fingerprint density at radius 1 is 1.00 bits per heavy atom. The second-order valence-electron chi connectivity index (χ2n) is 3.79. The van der Waals surface area contributed by atoms with Crippen molar-refractivity contribution in [3.63, 3.8) is 0 Å². The highest BCUT2D eigenvalue weighted by atomic mass is 32.2. The molecule has 2 rings (SSSR count). The number of rotatable bonds is 4. The Hall–Kier alpha value is -2.09. The molecule has 7 heteroatoms. The fourth-order valence-electron chi connectivity index (χ4n) is 1.59. The Bertz CT molecular complexity index is 659. The van der Waals surface area contributed by atoms with E-state index in [0.717, 1.165) is 5.12 Å².